The number of fused-ring (bicyclic) bond motifs is 1. The van der Waals surface area contributed by atoms with Gasteiger partial charge in [0.1, 0.15) is 6.54 Å². The molecule has 1 aromatic carbocycles. The third-order valence-corrected chi connectivity index (χ3v) is 4.35. The topological polar surface area (TPSA) is 71.8 Å². The number of aliphatic hydroxyl groups excluding tert-OH is 1. The Morgan fingerprint density at radius 3 is 2.75 bits per heavy atom. The molecule has 1 N–H and O–H groups in total. The Kier molecular flexibility index (Phi) is 4.66. The Morgan fingerprint density at radius 2 is 2.04 bits per heavy atom. The summed E-state index contributed by atoms with van der Waals surface area (Å²) in [6.07, 6.45) is 2.31. The Labute approximate surface area is 139 Å². The molecule has 1 aliphatic heterocycles. The van der Waals surface area contributed by atoms with Crippen molar-refractivity contribution >= 4 is 5.91 Å². The van der Waals surface area contributed by atoms with Crippen LogP contribution in [-0.4, -0.2) is 34.1 Å². The normalized spacial score (nSPS) is 13.5. The zero-order chi connectivity index (χ0) is 17.1. The van der Waals surface area contributed by atoms with Gasteiger partial charge < -0.3 is 19.3 Å². The zero-order valence-electron chi connectivity index (χ0n) is 13.6. The number of carbonyl (C=O) groups is 1. The van der Waals surface area contributed by atoms with Gasteiger partial charge in [-0.15, -0.1) is 0 Å². The van der Waals surface area contributed by atoms with Gasteiger partial charge >= 0.3 is 0 Å². The summed E-state index contributed by atoms with van der Waals surface area (Å²) in [4.78, 5) is 26.2. The minimum absolute atomic E-state index is 0.0510. The molecule has 0 bridgehead atoms. The number of aromatic nitrogens is 1. The van der Waals surface area contributed by atoms with Crippen LogP contribution in [-0.2, 0) is 30.9 Å². The van der Waals surface area contributed by atoms with E-state index in [-0.39, 0.29) is 30.2 Å². The second-order valence-electron chi connectivity index (χ2n) is 5.82. The summed E-state index contributed by atoms with van der Waals surface area (Å²) < 4.78 is 6.59. The Morgan fingerprint density at radius 1 is 1.29 bits per heavy atom. The van der Waals surface area contributed by atoms with Crippen LogP contribution in [0.2, 0.25) is 0 Å². The number of ether oxygens (including phenoxy) is 1. The van der Waals surface area contributed by atoms with Gasteiger partial charge in [-0.1, -0.05) is 24.3 Å². The van der Waals surface area contributed by atoms with E-state index in [4.69, 9.17) is 4.74 Å². The van der Waals surface area contributed by atoms with Crippen molar-refractivity contribution in [1.29, 1.82) is 0 Å². The summed E-state index contributed by atoms with van der Waals surface area (Å²) >= 11 is 0. The molecule has 0 saturated heterocycles. The third kappa shape index (κ3) is 3.19. The van der Waals surface area contributed by atoms with Crippen molar-refractivity contribution in [2.75, 3.05) is 13.7 Å². The van der Waals surface area contributed by atoms with Crippen molar-refractivity contribution in [2.45, 2.75) is 26.1 Å². The average Bonchev–Trinajstić information content (AvgIpc) is 2.62. The molecule has 126 valence electrons. The molecule has 0 radical (unpaired) electrons. The van der Waals surface area contributed by atoms with E-state index in [2.05, 4.69) is 6.07 Å². The van der Waals surface area contributed by atoms with Crippen molar-refractivity contribution in [2.24, 2.45) is 0 Å². The van der Waals surface area contributed by atoms with Gasteiger partial charge in [0.2, 0.25) is 11.3 Å². The van der Waals surface area contributed by atoms with Gasteiger partial charge in [-0.25, -0.2) is 0 Å². The number of pyridine rings is 1. The first-order valence-electron chi connectivity index (χ1n) is 7.85. The number of benzene rings is 1. The van der Waals surface area contributed by atoms with Crippen LogP contribution in [0.3, 0.4) is 0 Å². The van der Waals surface area contributed by atoms with Crippen molar-refractivity contribution in [3.8, 4) is 5.75 Å². The van der Waals surface area contributed by atoms with Gasteiger partial charge in [-0.3, -0.25) is 9.59 Å². The van der Waals surface area contributed by atoms with Crippen molar-refractivity contribution in [3.63, 3.8) is 0 Å². The molecule has 1 amide bonds. The Balaban J connectivity index is 1.79. The minimum Gasteiger partial charge on any atom is -0.491 e. The molecule has 2 aromatic rings. The standard InChI is InChI=1S/C18H20N2O4/c1-24-17-10-20(15(12-21)8-16(17)22)11-18(23)19-7-6-13-4-2-3-5-14(13)9-19/h2-5,8,10,21H,6-7,9,11-12H2,1H3. The quantitative estimate of drug-likeness (QED) is 0.906. The highest BCUT2D eigenvalue weighted by Gasteiger charge is 2.21. The number of carbonyl (C=O) groups excluding carboxylic acids is 1. The number of aliphatic hydroxyl groups is 1. The van der Waals surface area contributed by atoms with Gasteiger partial charge in [-0.05, 0) is 17.5 Å². The molecule has 24 heavy (non-hydrogen) atoms. The lowest BCUT2D eigenvalue weighted by atomic mass is 10.00. The predicted octanol–water partition coefficient (Wildman–Crippen LogP) is 0.934. The molecule has 3 rings (SSSR count). The highest BCUT2D eigenvalue weighted by molar-refractivity contribution is 5.76. The lowest BCUT2D eigenvalue weighted by molar-refractivity contribution is -0.132. The number of nitrogens with zero attached hydrogens (tertiary/aromatic N) is 2. The first-order valence-corrected chi connectivity index (χ1v) is 7.85. The van der Waals surface area contributed by atoms with E-state index in [9.17, 15) is 14.7 Å². The van der Waals surface area contributed by atoms with Gasteiger partial charge in [0.15, 0.2) is 5.75 Å². The van der Waals surface area contributed by atoms with Gasteiger partial charge in [0.25, 0.3) is 0 Å². The summed E-state index contributed by atoms with van der Waals surface area (Å²) in [5.74, 6) is 0.105. The minimum atomic E-state index is -0.310. The number of rotatable bonds is 4. The van der Waals surface area contributed by atoms with Crippen molar-refractivity contribution < 1.29 is 14.6 Å². The fraction of sp³-hybridized carbons (Fsp3) is 0.333. The fourth-order valence-corrected chi connectivity index (χ4v) is 2.98. The van der Waals surface area contributed by atoms with E-state index in [1.165, 1.54) is 24.9 Å². The maximum Gasteiger partial charge on any atom is 0.242 e. The maximum atomic E-state index is 12.6. The number of amides is 1. The predicted molar refractivity (Wildman–Crippen MR) is 88.7 cm³/mol. The average molecular weight is 328 g/mol. The van der Waals surface area contributed by atoms with E-state index < -0.39 is 0 Å². The number of methoxy groups -OCH3 is 1. The molecule has 0 atom stereocenters. The van der Waals surface area contributed by atoms with E-state index in [0.29, 0.717) is 18.8 Å². The van der Waals surface area contributed by atoms with Gasteiger partial charge in [-0.2, -0.15) is 0 Å². The van der Waals surface area contributed by atoms with Crippen molar-refractivity contribution in [3.05, 3.63) is 63.6 Å². The summed E-state index contributed by atoms with van der Waals surface area (Å²) in [5, 5.41) is 9.43. The molecule has 2 heterocycles. The third-order valence-electron chi connectivity index (χ3n) is 4.35. The molecular weight excluding hydrogens is 308 g/mol. The van der Waals surface area contributed by atoms with Crippen LogP contribution in [0.1, 0.15) is 16.8 Å². The Hall–Kier alpha value is -2.60. The first kappa shape index (κ1) is 16.3. The lowest BCUT2D eigenvalue weighted by Crippen LogP contribution is -2.38. The van der Waals surface area contributed by atoms with E-state index in [1.807, 2.05) is 18.2 Å². The van der Waals surface area contributed by atoms with Crippen LogP contribution >= 0.6 is 0 Å². The lowest BCUT2D eigenvalue weighted by Gasteiger charge is -2.29. The molecule has 0 fully saturated rings. The fourth-order valence-electron chi connectivity index (χ4n) is 2.98. The highest BCUT2D eigenvalue weighted by atomic mass is 16.5. The first-order chi connectivity index (χ1) is 11.6. The molecule has 6 nitrogen and oxygen atoms in total. The van der Waals surface area contributed by atoms with Crippen LogP contribution in [0.25, 0.3) is 0 Å². The summed E-state index contributed by atoms with van der Waals surface area (Å²) in [6.45, 7) is 1.01. The molecule has 0 spiro atoms. The second kappa shape index (κ2) is 6.88. The molecule has 0 aliphatic carbocycles. The molecule has 0 saturated carbocycles. The van der Waals surface area contributed by atoms with Gasteiger partial charge in [0.05, 0.1) is 19.9 Å². The van der Waals surface area contributed by atoms with E-state index >= 15 is 0 Å². The summed E-state index contributed by atoms with van der Waals surface area (Å²) in [5.41, 5.74) is 2.53. The highest BCUT2D eigenvalue weighted by Crippen LogP contribution is 2.19. The largest absolute Gasteiger partial charge is 0.491 e. The maximum absolute atomic E-state index is 12.6. The van der Waals surface area contributed by atoms with Gasteiger partial charge in [0, 0.05) is 24.8 Å². The number of hydrogen-bond acceptors (Lipinski definition) is 4. The molecule has 1 aromatic heterocycles. The summed E-state index contributed by atoms with van der Waals surface area (Å²) in [7, 11) is 1.41. The van der Waals surface area contributed by atoms with E-state index in [0.717, 1.165) is 12.0 Å². The van der Waals surface area contributed by atoms with Crippen LogP contribution in [0.5, 0.6) is 5.75 Å². The van der Waals surface area contributed by atoms with Crippen LogP contribution in [0.15, 0.2) is 41.3 Å². The second-order valence-corrected chi connectivity index (χ2v) is 5.82. The Bertz CT molecular complexity index is 813. The summed E-state index contributed by atoms with van der Waals surface area (Å²) in [6, 6.07) is 9.42. The smallest absolute Gasteiger partial charge is 0.242 e. The van der Waals surface area contributed by atoms with Crippen LogP contribution in [0.4, 0.5) is 0 Å². The SMILES string of the molecule is COc1cn(CC(=O)N2CCc3ccccc3C2)c(CO)cc1=O. The zero-order valence-corrected chi connectivity index (χ0v) is 13.6. The van der Waals surface area contributed by atoms with Crippen LogP contribution in [0, 0.1) is 0 Å². The monoisotopic (exact) mass is 328 g/mol. The molecule has 6 heteroatoms. The molecular formula is C18H20N2O4. The van der Waals surface area contributed by atoms with E-state index in [1.54, 1.807) is 9.47 Å². The molecule has 1 aliphatic rings. The van der Waals surface area contributed by atoms with Crippen molar-refractivity contribution in [1.82, 2.24) is 9.47 Å². The molecule has 0 unspecified atom stereocenters. The number of hydrogen-bond donors (Lipinski definition) is 1. The van der Waals surface area contributed by atoms with Crippen LogP contribution < -0.4 is 10.2 Å².